The summed E-state index contributed by atoms with van der Waals surface area (Å²) in [6, 6.07) is 0. The Morgan fingerprint density at radius 2 is 1.88 bits per heavy atom. The maximum atomic E-state index is 6.19. The molecule has 1 saturated carbocycles. The summed E-state index contributed by atoms with van der Waals surface area (Å²) in [5.41, 5.74) is 0.239. The normalized spacial score (nSPS) is 24.7. The van der Waals surface area contributed by atoms with Crippen LogP contribution in [0, 0.1) is 11.3 Å². The van der Waals surface area contributed by atoms with Gasteiger partial charge in [-0.25, -0.2) is 0 Å². The van der Waals surface area contributed by atoms with E-state index in [0.29, 0.717) is 6.10 Å². The molecule has 146 valence electrons. The third-order valence-corrected chi connectivity index (χ3v) is 5.63. The van der Waals surface area contributed by atoms with Crippen molar-refractivity contribution in [3.8, 4) is 0 Å². The first-order chi connectivity index (χ1) is 11.7. The Kier molecular flexibility index (Phi) is 8.75. The number of rotatable bonds is 6. The number of aliphatic imine (C=N–C) groups is 1. The van der Waals surface area contributed by atoms with E-state index in [1.165, 1.54) is 25.7 Å². The van der Waals surface area contributed by atoms with E-state index in [9.17, 15) is 0 Å². The van der Waals surface area contributed by atoms with E-state index in [2.05, 4.69) is 24.1 Å². The fourth-order valence-corrected chi connectivity index (χ4v) is 3.92. The van der Waals surface area contributed by atoms with Gasteiger partial charge in [0.25, 0.3) is 0 Å². The Labute approximate surface area is 170 Å². The minimum atomic E-state index is 0. The molecule has 3 fully saturated rings. The summed E-state index contributed by atoms with van der Waals surface area (Å²) >= 11 is 0. The smallest absolute Gasteiger partial charge is 0.193 e. The van der Waals surface area contributed by atoms with Crippen LogP contribution in [0.4, 0.5) is 0 Å². The average molecular weight is 465 g/mol. The first-order valence-electron chi connectivity index (χ1n) is 9.91. The van der Waals surface area contributed by atoms with E-state index in [4.69, 9.17) is 14.5 Å². The van der Waals surface area contributed by atoms with Crippen LogP contribution in [0.15, 0.2) is 4.99 Å². The molecule has 0 bridgehead atoms. The van der Waals surface area contributed by atoms with Gasteiger partial charge < -0.3 is 19.7 Å². The molecule has 0 aromatic heterocycles. The van der Waals surface area contributed by atoms with Gasteiger partial charge in [0.15, 0.2) is 5.96 Å². The van der Waals surface area contributed by atoms with Gasteiger partial charge in [-0.05, 0) is 38.5 Å². The molecule has 0 aromatic carbocycles. The molecule has 1 N–H and O–H groups in total. The molecule has 0 unspecified atom stereocenters. The van der Waals surface area contributed by atoms with Gasteiger partial charge in [-0.1, -0.05) is 19.8 Å². The van der Waals surface area contributed by atoms with Crippen molar-refractivity contribution in [1.82, 2.24) is 10.2 Å². The lowest BCUT2D eigenvalue weighted by Crippen LogP contribution is -2.48. The summed E-state index contributed by atoms with van der Waals surface area (Å²) in [7, 11) is 0. The predicted octanol–water partition coefficient (Wildman–Crippen LogP) is 3.28. The van der Waals surface area contributed by atoms with E-state index < -0.39 is 0 Å². The minimum Gasteiger partial charge on any atom is -0.380 e. The predicted molar refractivity (Wildman–Crippen MR) is 113 cm³/mol. The molecule has 3 aliphatic rings. The molecule has 0 atom stereocenters. The number of guanidine groups is 1. The van der Waals surface area contributed by atoms with Crippen LogP contribution in [0.3, 0.4) is 0 Å². The van der Waals surface area contributed by atoms with Crippen LogP contribution in [0.2, 0.25) is 0 Å². The lowest BCUT2D eigenvalue weighted by atomic mass is 9.89. The first-order valence-corrected chi connectivity index (χ1v) is 9.91. The zero-order valence-electron chi connectivity index (χ0n) is 16.0. The largest absolute Gasteiger partial charge is 0.380 e. The van der Waals surface area contributed by atoms with Crippen molar-refractivity contribution in [2.75, 3.05) is 46.0 Å². The van der Waals surface area contributed by atoms with E-state index in [1.54, 1.807) is 0 Å². The fraction of sp³-hybridized carbons (Fsp3) is 0.947. The molecule has 1 aliphatic carbocycles. The maximum absolute atomic E-state index is 6.19. The summed E-state index contributed by atoms with van der Waals surface area (Å²) in [6.45, 7) is 10.9. The average Bonchev–Trinajstić information content (AvgIpc) is 3.09. The molecule has 2 saturated heterocycles. The molecule has 0 radical (unpaired) electrons. The number of piperidine rings is 1. The summed E-state index contributed by atoms with van der Waals surface area (Å²) in [5, 5.41) is 3.46. The van der Waals surface area contributed by atoms with Crippen molar-refractivity contribution in [3.63, 3.8) is 0 Å². The zero-order chi connectivity index (χ0) is 16.8. The van der Waals surface area contributed by atoms with Gasteiger partial charge in [-0.3, -0.25) is 4.99 Å². The lowest BCUT2D eigenvalue weighted by Gasteiger charge is -2.38. The number of hydrogen-bond acceptors (Lipinski definition) is 3. The van der Waals surface area contributed by atoms with Crippen LogP contribution in [0.1, 0.15) is 52.4 Å². The number of likely N-dealkylation sites (tertiary alicyclic amines) is 1. The van der Waals surface area contributed by atoms with Crippen LogP contribution >= 0.6 is 24.0 Å². The first kappa shape index (κ1) is 21.2. The second-order valence-corrected chi connectivity index (χ2v) is 8.14. The summed E-state index contributed by atoms with van der Waals surface area (Å²) in [5.74, 6) is 1.90. The molecule has 5 nitrogen and oxygen atoms in total. The Morgan fingerprint density at radius 3 is 2.44 bits per heavy atom. The lowest BCUT2D eigenvalue weighted by molar-refractivity contribution is -0.0946. The highest BCUT2D eigenvalue weighted by atomic mass is 127. The Bertz CT molecular complexity index is 415. The van der Waals surface area contributed by atoms with Crippen LogP contribution in [0.5, 0.6) is 0 Å². The van der Waals surface area contributed by atoms with Crippen molar-refractivity contribution in [3.05, 3.63) is 0 Å². The molecule has 0 spiro atoms. The quantitative estimate of drug-likeness (QED) is 0.372. The summed E-state index contributed by atoms with van der Waals surface area (Å²) in [6.07, 6.45) is 8.24. The molecule has 2 heterocycles. The highest BCUT2D eigenvalue weighted by Gasteiger charge is 2.33. The van der Waals surface area contributed by atoms with E-state index in [1.807, 2.05) is 0 Å². The Balaban J connectivity index is 0.00000225. The molecular weight excluding hydrogens is 429 g/mol. The number of ether oxygens (including phenoxy) is 2. The van der Waals surface area contributed by atoms with Gasteiger partial charge in [0.2, 0.25) is 0 Å². The van der Waals surface area contributed by atoms with Gasteiger partial charge in [0.05, 0.1) is 25.9 Å². The molecule has 25 heavy (non-hydrogen) atoms. The minimum absolute atomic E-state index is 0. The van der Waals surface area contributed by atoms with E-state index in [-0.39, 0.29) is 29.4 Å². The van der Waals surface area contributed by atoms with Gasteiger partial charge in [-0.15, -0.1) is 24.0 Å². The summed E-state index contributed by atoms with van der Waals surface area (Å²) < 4.78 is 11.5. The van der Waals surface area contributed by atoms with Crippen molar-refractivity contribution in [1.29, 1.82) is 0 Å². The molecule has 3 rings (SSSR count). The van der Waals surface area contributed by atoms with Crippen LogP contribution < -0.4 is 5.32 Å². The van der Waals surface area contributed by atoms with Gasteiger partial charge >= 0.3 is 0 Å². The molecule has 0 aromatic rings. The second kappa shape index (κ2) is 10.3. The van der Waals surface area contributed by atoms with Crippen LogP contribution in [0.25, 0.3) is 0 Å². The van der Waals surface area contributed by atoms with Crippen molar-refractivity contribution in [2.24, 2.45) is 16.3 Å². The Morgan fingerprint density at radius 1 is 1.20 bits per heavy atom. The highest BCUT2D eigenvalue weighted by Crippen LogP contribution is 2.27. The molecule has 0 amide bonds. The Hall–Kier alpha value is -0.0800. The molecule has 2 aliphatic heterocycles. The van der Waals surface area contributed by atoms with E-state index in [0.717, 1.165) is 70.7 Å². The van der Waals surface area contributed by atoms with Crippen LogP contribution in [-0.2, 0) is 9.47 Å². The van der Waals surface area contributed by atoms with E-state index >= 15 is 0 Å². The second-order valence-electron chi connectivity index (χ2n) is 8.14. The van der Waals surface area contributed by atoms with Gasteiger partial charge in [0.1, 0.15) is 0 Å². The van der Waals surface area contributed by atoms with Crippen LogP contribution in [-0.4, -0.2) is 63.0 Å². The number of halogens is 1. The van der Waals surface area contributed by atoms with Crippen molar-refractivity contribution in [2.45, 2.75) is 58.5 Å². The van der Waals surface area contributed by atoms with Gasteiger partial charge in [0, 0.05) is 31.7 Å². The third kappa shape index (κ3) is 6.24. The standard InChI is InChI=1S/C19H35N3O2.HI/c1-3-20-18(21-13-19(2)14-23-15-19)22-10-8-17(9-11-22)24-12-16-6-4-5-7-16;/h16-17H,3-15H2,1-2H3,(H,20,21);1H. The third-order valence-electron chi connectivity index (χ3n) is 5.63. The molecule has 6 heteroatoms. The number of nitrogens with zero attached hydrogens (tertiary/aromatic N) is 2. The highest BCUT2D eigenvalue weighted by molar-refractivity contribution is 14.0. The van der Waals surface area contributed by atoms with Crippen molar-refractivity contribution < 1.29 is 9.47 Å². The number of nitrogens with one attached hydrogen (secondary N) is 1. The SMILES string of the molecule is CCNC(=NCC1(C)COC1)N1CCC(OCC2CCCC2)CC1.I. The summed E-state index contributed by atoms with van der Waals surface area (Å²) in [4.78, 5) is 7.28. The molecular formula is C19H36IN3O2. The number of hydrogen-bond donors (Lipinski definition) is 1. The maximum Gasteiger partial charge on any atom is 0.193 e. The zero-order valence-corrected chi connectivity index (χ0v) is 18.3. The fourth-order valence-electron chi connectivity index (χ4n) is 3.92. The van der Waals surface area contributed by atoms with Gasteiger partial charge in [-0.2, -0.15) is 0 Å². The van der Waals surface area contributed by atoms with Crippen molar-refractivity contribution >= 4 is 29.9 Å². The monoisotopic (exact) mass is 465 g/mol. The topological polar surface area (TPSA) is 46.1 Å².